The zero-order chi connectivity index (χ0) is 10.7. The molecule has 1 aromatic heterocycles. The van der Waals surface area contributed by atoms with Gasteiger partial charge in [0, 0.05) is 31.9 Å². The summed E-state index contributed by atoms with van der Waals surface area (Å²) in [4.78, 5) is 17.5. The molecule has 1 aliphatic rings. The average Bonchev–Trinajstić information content (AvgIpc) is 2.65. The van der Waals surface area contributed by atoms with Crippen LogP contribution in [-0.2, 0) is 11.3 Å². The molecule has 1 saturated heterocycles. The molecule has 2 rings (SSSR count). The number of hydrogen-bond donors (Lipinski definition) is 1. The number of aromatic nitrogens is 1. The van der Waals surface area contributed by atoms with E-state index in [1.807, 2.05) is 24.1 Å². The van der Waals surface area contributed by atoms with Gasteiger partial charge in [-0.15, -0.1) is 0 Å². The number of rotatable bonds is 3. The van der Waals surface area contributed by atoms with Crippen LogP contribution < -0.4 is 5.32 Å². The van der Waals surface area contributed by atoms with Gasteiger partial charge in [0.15, 0.2) is 0 Å². The van der Waals surface area contributed by atoms with E-state index in [0.29, 0.717) is 13.0 Å². The molecule has 0 radical (unpaired) electrons. The fraction of sp³-hybridized carbons (Fsp3) is 0.455. The summed E-state index contributed by atoms with van der Waals surface area (Å²) in [5.74, 6) is 0.242. The Kier molecular flexibility index (Phi) is 2.85. The molecule has 0 saturated carbocycles. The lowest BCUT2D eigenvalue weighted by Gasteiger charge is -2.15. The minimum absolute atomic E-state index is 0.242. The van der Waals surface area contributed by atoms with Crippen LogP contribution in [0, 0.1) is 0 Å². The Morgan fingerprint density at radius 2 is 2.47 bits per heavy atom. The normalized spacial score (nSPS) is 15.8. The van der Waals surface area contributed by atoms with Gasteiger partial charge in [0.1, 0.15) is 0 Å². The third kappa shape index (κ3) is 2.26. The predicted molar refractivity (Wildman–Crippen MR) is 58.4 cm³/mol. The van der Waals surface area contributed by atoms with Gasteiger partial charge >= 0.3 is 0 Å². The van der Waals surface area contributed by atoms with E-state index in [2.05, 4.69) is 10.3 Å². The van der Waals surface area contributed by atoms with Gasteiger partial charge in [-0.05, 0) is 18.6 Å². The number of nitrogens with zero attached hydrogens (tertiary/aromatic N) is 2. The first kappa shape index (κ1) is 9.96. The van der Waals surface area contributed by atoms with Crippen molar-refractivity contribution in [3.63, 3.8) is 0 Å². The number of pyridine rings is 1. The van der Waals surface area contributed by atoms with E-state index in [9.17, 15) is 4.79 Å². The molecule has 1 aliphatic heterocycles. The fourth-order valence-electron chi connectivity index (χ4n) is 1.79. The standard InChI is InChI=1S/C11H15N3O/c1-12-9-4-5-13-10(7-9)8-14-6-2-3-11(14)15/h4-5,7H,2-3,6,8H2,1H3,(H,12,13). The Hall–Kier alpha value is -1.58. The van der Waals surface area contributed by atoms with E-state index in [1.54, 1.807) is 6.20 Å². The molecule has 1 aromatic rings. The van der Waals surface area contributed by atoms with Crippen LogP contribution in [0.3, 0.4) is 0 Å². The second kappa shape index (κ2) is 4.29. The second-order valence-electron chi connectivity index (χ2n) is 3.70. The molecule has 4 nitrogen and oxygen atoms in total. The molecule has 4 heteroatoms. The molecule has 0 spiro atoms. The lowest BCUT2D eigenvalue weighted by molar-refractivity contribution is -0.128. The molecule has 0 unspecified atom stereocenters. The average molecular weight is 205 g/mol. The van der Waals surface area contributed by atoms with Crippen molar-refractivity contribution in [1.29, 1.82) is 0 Å². The summed E-state index contributed by atoms with van der Waals surface area (Å²) >= 11 is 0. The van der Waals surface area contributed by atoms with E-state index in [1.165, 1.54) is 0 Å². The van der Waals surface area contributed by atoms with Crippen LogP contribution >= 0.6 is 0 Å². The van der Waals surface area contributed by atoms with Crippen molar-refractivity contribution in [2.24, 2.45) is 0 Å². The summed E-state index contributed by atoms with van der Waals surface area (Å²) in [6, 6.07) is 3.89. The number of likely N-dealkylation sites (tertiary alicyclic amines) is 1. The second-order valence-corrected chi connectivity index (χ2v) is 3.70. The van der Waals surface area contributed by atoms with Crippen LogP contribution in [0.2, 0.25) is 0 Å². The topological polar surface area (TPSA) is 45.2 Å². The maximum absolute atomic E-state index is 11.4. The third-order valence-electron chi connectivity index (χ3n) is 2.63. The molecule has 80 valence electrons. The van der Waals surface area contributed by atoms with Crippen molar-refractivity contribution in [2.75, 3.05) is 18.9 Å². The van der Waals surface area contributed by atoms with Crippen LogP contribution in [0.1, 0.15) is 18.5 Å². The van der Waals surface area contributed by atoms with Crippen molar-refractivity contribution in [3.05, 3.63) is 24.0 Å². The zero-order valence-electron chi connectivity index (χ0n) is 8.86. The monoisotopic (exact) mass is 205 g/mol. The Labute approximate surface area is 89.3 Å². The van der Waals surface area contributed by atoms with Crippen molar-refractivity contribution >= 4 is 11.6 Å². The molecular formula is C11H15N3O. The highest BCUT2D eigenvalue weighted by molar-refractivity contribution is 5.78. The fourth-order valence-corrected chi connectivity index (χ4v) is 1.79. The number of anilines is 1. The Morgan fingerprint density at radius 3 is 3.13 bits per heavy atom. The van der Waals surface area contributed by atoms with Crippen molar-refractivity contribution in [3.8, 4) is 0 Å². The van der Waals surface area contributed by atoms with Crippen LogP contribution in [0.5, 0.6) is 0 Å². The molecule has 1 N–H and O–H groups in total. The first-order valence-corrected chi connectivity index (χ1v) is 5.20. The van der Waals surface area contributed by atoms with E-state index in [4.69, 9.17) is 0 Å². The Morgan fingerprint density at radius 1 is 1.60 bits per heavy atom. The third-order valence-corrected chi connectivity index (χ3v) is 2.63. The van der Waals surface area contributed by atoms with E-state index in [-0.39, 0.29) is 5.91 Å². The summed E-state index contributed by atoms with van der Waals surface area (Å²) < 4.78 is 0. The van der Waals surface area contributed by atoms with Gasteiger partial charge in [-0.3, -0.25) is 9.78 Å². The maximum Gasteiger partial charge on any atom is 0.222 e. The van der Waals surface area contributed by atoms with Gasteiger partial charge in [0.05, 0.1) is 12.2 Å². The van der Waals surface area contributed by atoms with Gasteiger partial charge in [-0.25, -0.2) is 0 Å². The van der Waals surface area contributed by atoms with E-state index < -0.39 is 0 Å². The van der Waals surface area contributed by atoms with Gasteiger partial charge in [0.2, 0.25) is 5.91 Å². The van der Waals surface area contributed by atoms with E-state index in [0.717, 1.165) is 24.3 Å². The number of hydrogen-bond acceptors (Lipinski definition) is 3. The molecule has 2 heterocycles. The van der Waals surface area contributed by atoms with Gasteiger partial charge in [0.25, 0.3) is 0 Å². The quantitative estimate of drug-likeness (QED) is 0.807. The highest BCUT2D eigenvalue weighted by Crippen LogP contribution is 2.14. The molecule has 0 aromatic carbocycles. The first-order valence-electron chi connectivity index (χ1n) is 5.20. The minimum Gasteiger partial charge on any atom is -0.388 e. The summed E-state index contributed by atoms with van der Waals surface area (Å²) in [6.07, 6.45) is 3.43. The Balaban J connectivity index is 2.06. The van der Waals surface area contributed by atoms with Gasteiger partial charge < -0.3 is 10.2 Å². The minimum atomic E-state index is 0.242. The van der Waals surface area contributed by atoms with Crippen molar-refractivity contribution in [1.82, 2.24) is 9.88 Å². The molecule has 15 heavy (non-hydrogen) atoms. The van der Waals surface area contributed by atoms with Crippen LogP contribution in [0.25, 0.3) is 0 Å². The SMILES string of the molecule is CNc1ccnc(CN2CCCC2=O)c1. The summed E-state index contributed by atoms with van der Waals surface area (Å²) in [5.41, 5.74) is 1.98. The molecule has 1 amide bonds. The number of amides is 1. The maximum atomic E-state index is 11.4. The highest BCUT2D eigenvalue weighted by Gasteiger charge is 2.20. The molecule has 0 bridgehead atoms. The molecule has 0 aliphatic carbocycles. The van der Waals surface area contributed by atoms with Crippen LogP contribution in [0.4, 0.5) is 5.69 Å². The molecule has 1 fully saturated rings. The molecular weight excluding hydrogens is 190 g/mol. The Bertz CT molecular complexity index is 365. The lowest BCUT2D eigenvalue weighted by atomic mass is 10.3. The summed E-state index contributed by atoms with van der Waals surface area (Å²) in [7, 11) is 1.88. The zero-order valence-corrected chi connectivity index (χ0v) is 8.86. The predicted octanol–water partition coefficient (Wildman–Crippen LogP) is 1.25. The summed E-state index contributed by atoms with van der Waals surface area (Å²) in [6.45, 7) is 1.50. The number of carbonyl (C=O) groups is 1. The van der Waals surface area contributed by atoms with Crippen LogP contribution in [0.15, 0.2) is 18.3 Å². The van der Waals surface area contributed by atoms with Gasteiger partial charge in [-0.1, -0.05) is 0 Å². The first-order chi connectivity index (χ1) is 7.29. The van der Waals surface area contributed by atoms with Crippen molar-refractivity contribution in [2.45, 2.75) is 19.4 Å². The largest absolute Gasteiger partial charge is 0.388 e. The summed E-state index contributed by atoms with van der Waals surface area (Å²) in [5, 5.41) is 3.06. The number of carbonyl (C=O) groups excluding carboxylic acids is 1. The van der Waals surface area contributed by atoms with Gasteiger partial charge in [-0.2, -0.15) is 0 Å². The van der Waals surface area contributed by atoms with E-state index >= 15 is 0 Å². The number of nitrogens with one attached hydrogen (secondary N) is 1. The van der Waals surface area contributed by atoms with Crippen LogP contribution in [-0.4, -0.2) is 29.4 Å². The highest BCUT2D eigenvalue weighted by atomic mass is 16.2. The smallest absolute Gasteiger partial charge is 0.222 e. The molecule has 0 atom stereocenters. The van der Waals surface area contributed by atoms with Crippen molar-refractivity contribution < 1.29 is 4.79 Å². The lowest BCUT2D eigenvalue weighted by Crippen LogP contribution is -2.24.